The third-order valence-corrected chi connectivity index (χ3v) is 4.67. The predicted molar refractivity (Wildman–Crippen MR) is 99.6 cm³/mol. The summed E-state index contributed by atoms with van der Waals surface area (Å²) in [6.45, 7) is 8.77. The van der Waals surface area contributed by atoms with Gasteiger partial charge in [-0.05, 0) is 51.0 Å². The Morgan fingerprint density at radius 3 is 2.17 bits per heavy atom. The number of hydrogen-bond donors (Lipinski definition) is 0. The molecule has 1 unspecified atom stereocenters. The maximum atomic E-state index is 4.81. The smallest absolute Gasteiger partial charge is 0.0633 e. The van der Waals surface area contributed by atoms with Gasteiger partial charge in [-0.3, -0.25) is 4.99 Å². The number of allylic oxidation sites excluding steroid dienone is 4. The maximum absolute atomic E-state index is 4.81. The molecule has 2 aromatic carbocycles. The van der Waals surface area contributed by atoms with E-state index in [1.165, 1.54) is 27.8 Å². The van der Waals surface area contributed by atoms with Gasteiger partial charge in [0, 0.05) is 11.6 Å². The van der Waals surface area contributed by atoms with Crippen molar-refractivity contribution in [3.05, 3.63) is 88.5 Å². The number of para-hydroxylation sites is 1. The van der Waals surface area contributed by atoms with E-state index in [0.29, 0.717) is 5.92 Å². The van der Waals surface area contributed by atoms with Crippen LogP contribution in [0.1, 0.15) is 44.7 Å². The van der Waals surface area contributed by atoms with E-state index < -0.39 is 0 Å². The lowest BCUT2D eigenvalue weighted by molar-refractivity contribution is 0.935. The summed E-state index contributed by atoms with van der Waals surface area (Å²) in [7, 11) is 0. The molecule has 2 aromatic rings. The van der Waals surface area contributed by atoms with Crippen LogP contribution in [0.5, 0.6) is 0 Å². The van der Waals surface area contributed by atoms with Crippen molar-refractivity contribution in [2.75, 3.05) is 0 Å². The van der Waals surface area contributed by atoms with Gasteiger partial charge in [0.15, 0.2) is 0 Å². The fourth-order valence-electron chi connectivity index (χ4n) is 3.42. The van der Waals surface area contributed by atoms with Gasteiger partial charge in [-0.15, -0.1) is 0 Å². The third-order valence-electron chi connectivity index (χ3n) is 4.67. The highest BCUT2D eigenvalue weighted by atomic mass is 14.7. The zero-order valence-corrected chi connectivity index (χ0v) is 14.3. The van der Waals surface area contributed by atoms with Crippen LogP contribution in [0.3, 0.4) is 0 Å². The van der Waals surface area contributed by atoms with Crippen molar-refractivity contribution >= 4 is 11.4 Å². The lowest BCUT2D eigenvalue weighted by Gasteiger charge is -2.19. The van der Waals surface area contributed by atoms with Crippen LogP contribution < -0.4 is 0 Å². The van der Waals surface area contributed by atoms with Crippen molar-refractivity contribution in [1.29, 1.82) is 0 Å². The van der Waals surface area contributed by atoms with Crippen LogP contribution in [-0.2, 0) is 0 Å². The Kier molecular flexibility index (Phi) is 4.29. The van der Waals surface area contributed by atoms with Crippen molar-refractivity contribution < 1.29 is 0 Å². The van der Waals surface area contributed by atoms with E-state index in [1.54, 1.807) is 0 Å². The van der Waals surface area contributed by atoms with Gasteiger partial charge in [-0.1, -0.05) is 65.3 Å². The number of benzene rings is 2. The Morgan fingerprint density at radius 2 is 1.52 bits per heavy atom. The minimum Gasteiger partial charge on any atom is -0.253 e. The number of aliphatic imine (C=N–C) groups is 1. The standard InChI is InChI=1S/C22H23N/c1-15-14-16(2)22(17(15)3)21-13-9-8-12-20(21)18(4)23-19-10-6-5-7-11-19/h5-14,22H,1-4H3. The summed E-state index contributed by atoms with van der Waals surface area (Å²) in [4.78, 5) is 4.81. The molecule has 1 aliphatic rings. The molecule has 0 bridgehead atoms. The molecular weight excluding hydrogens is 278 g/mol. The molecule has 1 nitrogen and oxygen atoms in total. The quantitative estimate of drug-likeness (QED) is 0.598. The molecule has 0 fully saturated rings. The van der Waals surface area contributed by atoms with Crippen molar-refractivity contribution in [2.24, 2.45) is 4.99 Å². The molecule has 1 atom stereocenters. The maximum Gasteiger partial charge on any atom is 0.0633 e. The molecule has 23 heavy (non-hydrogen) atoms. The lowest BCUT2D eigenvalue weighted by atomic mass is 9.85. The Bertz CT molecular complexity index is 807. The zero-order valence-electron chi connectivity index (χ0n) is 14.3. The second-order valence-electron chi connectivity index (χ2n) is 6.31. The Labute approximate surface area is 139 Å². The molecule has 0 saturated heterocycles. The molecule has 0 radical (unpaired) electrons. The molecule has 0 saturated carbocycles. The van der Waals surface area contributed by atoms with Crippen LogP contribution in [0.4, 0.5) is 5.69 Å². The van der Waals surface area contributed by atoms with E-state index in [9.17, 15) is 0 Å². The van der Waals surface area contributed by atoms with Crippen LogP contribution in [-0.4, -0.2) is 5.71 Å². The monoisotopic (exact) mass is 301 g/mol. The third kappa shape index (κ3) is 3.05. The first kappa shape index (κ1) is 15.5. The minimum atomic E-state index is 0.382. The zero-order chi connectivity index (χ0) is 16.4. The largest absolute Gasteiger partial charge is 0.253 e. The highest BCUT2D eigenvalue weighted by Gasteiger charge is 2.24. The van der Waals surface area contributed by atoms with Gasteiger partial charge >= 0.3 is 0 Å². The number of nitrogens with zero attached hydrogens (tertiary/aromatic N) is 1. The van der Waals surface area contributed by atoms with E-state index in [-0.39, 0.29) is 0 Å². The summed E-state index contributed by atoms with van der Waals surface area (Å²) >= 11 is 0. The average molecular weight is 301 g/mol. The van der Waals surface area contributed by atoms with Crippen LogP contribution >= 0.6 is 0 Å². The Morgan fingerprint density at radius 1 is 0.870 bits per heavy atom. The Balaban J connectivity index is 2.06. The lowest BCUT2D eigenvalue weighted by Crippen LogP contribution is -2.07. The second kappa shape index (κ2) is 6.37. The molecule has 3 rings (SSSR count). The molecule has 0 heterocycles. The van der Waals surface area contributed by atoms with Crippen molar-refractivity contribution in [3.8, 4) is 0 Å². The molecule has 1 heteroatoms. The summed E-state index contributed by atoms with van der Waals surface area (Å²) in [5.74, 6) is 0.382. The van der Waals surface area contributed by atoms with E-state index in [2.05, 4.69) is 58.0 Å². The fourth-order valence-corrected chi connectivity index (χ4v) is 3.42. The fraction of sp³-hybridized carbons (Fsp3) is 0.227. The second-order valence-corrected chi connectivity index (χ2v) is 6.31. The topological polar surface area (TPSA) is 12.4 Å². The molecule has 116 valence electrons. The summed E-state index contributed by atoms with van der Waals surface area (Å²) in [6.07, 6.45) is 2.31. The van der Waals surface area contributed by atoms with E-state index >= 15 is 0 Å². The van der Waals surface area contributed by atoms with Crippen LogP contribution in [0.15, 0.2) is 82.4 Å². The van der Waals surface area contributed by atoms with Gasteiger partial charge in [0.25, 0.3) is 0 Å². The van der Waals surface area contributed by atoms with E-state index in [1.807, 2.05) is 30.3 Å². The van der Waals surface area contributed by atoms with Crippen LogP contribution in [0, 0.1) is 0 Å². The summed E-state index contributed by atoms with van der Waals surface area (Å²) < 4.78 is 0. The van der Waals surface area contributed by atoms with Crippen molar-refractivity contribution in [2.45, 2.75) is 33.6 Å². The molecule has 0 N–H and O–H groups in total. The minimum absolute atomic E-state index is 0.382. The highest BCUT2D eigenvalue weighted by Crippen LogP contribution is 2.40. The van der Waals surface area contributed by atoms with Gasteiger partial charge in [0.2, 0.25) is 0 Å². The first-order valence-corrected chi connectivity index (χ1v) is 8.13. The molecular formula is C22H23N. The van der Waals surface area contributed by atoms with E-state index in [4.69, 9.17) is 4.99 Å². The van der Waals surface area contributed by atoms with Crippen molar-refractivity contribution in [3.63, 3.8) is 0 Å². The van der Waals surface area contributed by atoms with E-state index in [0.717, 1.165) is 11.4 Å². The first-order valence-electron chi connectivity index (χ1n) is 8.13. The first-order chi connectivity index (χ1) is 11.1. The average Bonchev–Trinajstić information content (AvgIpc) is 2.81. The van der Waals surface area contributed by atoms with Gasteiger partial charge in [-0.25, -0.2) is 0 Å². The molecule has 0 amide bonds. The summed E-state index contributed by atoms with van der Waals surface area (Å²) in [6, 6.07) is 18.8. The van der Waals surface area contributed by atoms with Crippen LogP contribution in [0.2, 0.25) is 0 Å². The van der Waals surface area contributed by atoms with Crippen molar-refractivity contribution in [1.82, 2.24) is 0 Å². The SMILES string of the molecule is CC1=CC(C)=C(C)C1c1ccccc1C(C)=Nc1ccccc1. The number of rotatable bonds is 3. The molecule has 0 aromatic heterocycles. The predicted octanol–water partition coefficient (Wildman–Crippen LogP) is 6.21. The number of hydrogen-bond acceptors (Lipinski definition) is 1. The summed E-state index contributed by atoms with van der Waals surface area (Å²) in [5.41, 5.74) is 8.91. The molecule has 0 spiro atoms. The molecule has 0 aliphatic heterocycles. The summed E-state index contributed by atoms with van der Waals surface area (Å²) in [5, 5.41) is 0. The van der Waals surface area contributed by atoms with Gasteiger partial charge in [-0.2, -0.15) is 0 Å². The van der Waals surface area contributed by atoms with Gasteiger partial charge in [0.1, 0.15) is 0 Å². The normalized spacial score (nSPS) is 18.3. The van der Waals surface area contributed by atoms with Gasteiger partial charge < -0.3 is 0 Å². The van der Waals surface area contributed by atoms with Gasteiger partial charge in [0.05, 0.1) is 5.69 Å². The highest BCUT2D eigenvalue weighted by molar-refractivity contribution is 6.02. The Hall–Kier alpha value is -2.41. The molecule has 1 aliphatic carbocycles. The van der Waals surface area contributed by atoms with Crippen LogP contribution in [0.25, 0.3) is 0 Å².